The fourth-order valence-corrected chi connectivity index (χ4v) is 1.41. The maximum Gasteiger partial charge on any atom is 0.408 e. The molecule has 0 spiro atoms. The molecule has 0 aliphatic rings. The molecule has 0 radical (unpaired) electrons. The number of fused-ring (bicyclic) bond motifs is 1. The predicted molar refractivity (Wildman–Crippen MR) is 59.1 cm³/mol. The highest BCUT2D eigenvalue weighted by atomic mass is 19.4. The number of hydrogen-bond acceptors (Lipinski definition) is 2. The number of nitrogens with one attached hydrogen (secondary N) is 2. The maximum atomic E-state index is 12.3. The van der Waals surface area contributed by atoms with Gasteiger partial charge in [0.15, 0.2) is 5.82 Å². The van der Waals surface area contributed by atoms with Crippen LogP contribution in [0.4, 0.5) is 13.2 Å². The fourth-order valence-electron chi connectivity index (χ4n) is 1.41. The number of H-pyrrole nitrogens is 1. The lowest BCUT2D eigenvalue weighted by Crippen LogP contribution is -2.43. The second-order valence-corrected chi connectivity index (χ2v) is 3.84. The van der Waals surface area contributed by atoms with E-state index in [-0.39, 0.29) is 5.82 Å². The minimum absolute atomic E-state index is 0.132. The Labute approximate surface area is 100 Å². The number of benzene rings is 1. The van der Waals surface area contributed by atoms with Crippen molar-refractivity contribution in [2.24, 2.45) is 0 Å². The molecule has 0 bridgehead atoms. The number of nitrogens with zero attached hydrogens (tertiary/aromatic N) is 1. The second-order valence-electron chi connectivity index (χ2n) is 3.84. The Hall–Kier alpha value is -2.05. The lowest BCUT2D eigenvalue weighted by molar-refractivity contribution is -0.149. The topological polar surface area (TPSA) is 57.8 Å². The molecule has 0 aliphatic heterocycles. The summed E-state index contributed by atoms with van der Waals surface area (Å²) in [5.41, 5.74) is 1.13. The van der Waals surface area contributed by atoms with E-state index in [4.69, 9.17) is 0 Å². The lowest BCUT2D eigenvalue weighted by atomic mass is 10.3. The van der Waals surface area contributed by atoms with Crippen molar-refractivity contribution in [2.75, 3.05) is 0 Å². The van der Waals surface area contributed by atoms with Crippen molar-refractivity contribution in [3.05, 3.63) is 30.1 Å². The molecule has 1 unspecified atom stereocenters. The third kappa shape index (κ3) is 2.44. The van der Waals surface area contributed by atoms with Crippen molar-refractivity contribution in [1.82, 2.24) is 15.3 Å². The van der Waals surface area contributed by atoms with Gasteiger partial charge >= 0.3 is 6.18 Å². The predicted octanol–water partition coefficient (Wildman–Crippen LogP) is 2.24. The number of alkyl halides is 3. The molecule has 7 heteroatoms. The van der Waals surface area contributed by atoms with E-state index in [1.807, 2.05) is 5.32 Å². The van der Waals surface area contributed by atoms with Crippen molar-refractivity contribution in [3.8, 4) is 0 Å². The monoisotopic (exact) mass is 257 g/mol. The van der Waals surface area contributed by atoms with Crippen LogP contribution in [0.3, 0.4) is 0 Å². The molecular weight excluding hydrogens is 247 g/mol. The highest BCUT2D eigenvalue weighted by Gasteiger charge is 2.37. The number of carbonyl (C=O) groups excluding carboxylic acids is 1. The molecule has 1 heterocycles. The van der Waals surface area contributed by atoms with Crippen LogP contribution in [0.5, 0.6) is 0 Å². The number of hydrogen-bond donors (Lipinski definition) is 2. The average molecular weight is 257 g/mol. The normalized spacial score (nSPS) is 13.6. The van der Waals surface area contributed by atoms with E-state index in [1.165, 1.54) is 0 Å². The zero-order chi connectivity index (χ0) is 13.3. The van der Waals surface area contributed by atoms with Crippen molar-refractivity contribution in [3.63, 3.8) is 0 Å². The Morgan fingerprint density at radius 3 is 2.67 bits per heavy atom. The SMILES string of the molecule is CC(NC(=O)c1nc2ccccc2[nH]1)C(F)(F)F. The Morgan fingerprint density at radius 1 is 1.39 bits per heavy atom. The Balaban J connectivity index is 2.19. The molecule has 1 aromatic heterocycles. The van der Waals surface area contributed by atoms with Crippen LogP contribution in [0.25, 0.3) is 11.0 Å². The first-order chi connectivity index (χ1) is 8.38. The third-order valence-corrected chi connectivity index (χ3v) is 2.44. The Kier molecular flexibility index (Phi) is 2.98. The summed E-state index contributed by atoms with van der Waals surface area (Å²) < 4.78 is 36.9. The van der Waals surface area contributed by atoms with Gasteiger partial charge in [-0.2, -0.15) is 13.2 Å². The maximum absolute atomic E-state index is 12.3. The molecule has 96 valence electrons. The molecule has 1 atom stereocenters. The molecule has 4 nitrogen and oxygen atoms in total. The van der Waals surface area contributed by atoms with Gasteiger partial charge in [-0.25, -0.2) is 4.98 Å². The van der Waals surface area contributed by atoms with Crippen LogP contribution in [0, 0.1) is 0 Å². The van der Waals surface area contributed by atoms with Gasteiger partial charge in [0.05, 0.1) is 11.0 Å². The largest absolute Gasteiger partial charge is 0.408 e. The van der Waals surface area contributed by atoms with Crippen LogP contribution >= 0.6 is 0 Å². The van der Waals surface area contributed by atoms with Gasteiger partial charge < -0.3 is 10.3 Å². The summed E-state index contributed by atoms with van der Waals surface area (Å²) in [5, 5.41) is 1.84. The Morgan fingerprint density at radius 2 is 2.06 bits per heavy atom. The first-order valence-corrected chi connectivity index (χ1v) is 5.20. The number of aromatic nitrogens is 2. The molecule has 18 heavy (non-hydrogen) atoms. The van der Waals surface area contributed by atoms with Gasteiger partial charge in [0, 0.05) is 0 Å². The fraction of sp³-hybridized carbons (Fsp3) is 0.273. The molecule has 0 saturated carbocycles. The van der Waals surface area contributed by atoms with Crippen LogP contribution < -0.4 is 5.32 Å². The zero-order valence-corrected chi connectivity index (χ0v) is 9.38. The van der Waals surface area contributed by atoms with Crippen LogP contribution in [0.1, 0.15) is 17.5 Å². The van der Waals surface area contributed by atoms with E-state index in [1.54, 1.807) is 24.3 Å². The zero-order valence-electron chi connectivity index (χ0n) is 9.38. The van der Waals surface area contributed by atoms with Crippen LogP contribution in [-0.4, -0.2) is 28.1 Å². The van der Waals surface area contributed by atoms with Gasteiger partial charge in [0.1, 0.15) is 6.04 Å². The standard InChI is InChI=1S/C11H10F3N3O/c1-6(11(12,13)14)15-10(18)9-16-7-4-2-3-5-8(7)17-9/h2-6H,1H3,(H,15,18)(H,16,17). The van der Waals surface area contributed by atoms with Crippen molar-refractivity contribution in [2.45, 2.75) is 19.1 Å². The molecule has 2 aromatic rings. The van der Waals surface area contributed by atoms with Crippen LogP contribution in [0.15, 0.2) is 24.3 Å². The summed E-state index contributed by atoms with van der Waals surface area (Å²) in [6, 6.07) is 4.89. The van der Waals surface area contributed by atoms with Gasteiger partial charge in [-0.3, -0.25) is 4.79 Å². The summed E-state index contributed by atoms with van der Waals surface area (Å²) in [6.07, 6.45) is -4.47. The molecule has 2 rings (SSSR count). The molecular formula is C11H10F3N3O. The quantitative estimate of drug-likeness (QED) is 0.866. The van der Waals surface area contributed by atoms with Crippen LogP contribution in [-0.2, 0) is 0 Å². The van der Waals surface area contributed by atoms with E-state index in [0.29, 0.717) is 11.0 Å². The van der Waals surface area contributed by atoms with Crippen molar-refractivity contribution in [1.29, 1.82) is 0 Å². The molecule has 2 N–H and O–H groups in total. The van der Waals surface area contributed by atoms with Gasteiger partial charge in [0.2, 0.25) is 0 Å². The number of halogens is 3. The number of amides is 1. The number of para-hydroxylation sites is 2. The van der Waals surface area contributed by atoms with E-state index in [2.05, 4.69) is 9.97 Å². The Bertz CT molecular complexity index is 543. The lowest BCUT2D eigenvalue weighted by Gasteiger charge is -2.16. The minimum atomic E-state index is -4.47. The van der Waals surface area contributed by atoms with E-state index in [0.717, 1.165) is 6.92 Å². The number of rotatable bonds is 2. The van der Waals surface area contributed by atoms with E-state index < -0.39 is 18.1 Å². The highest BCUT2D eigenvalue weighted by molar-refractivity contribution is 5.94. The van der Waals surface area contributed by atoms with E-state index >= 15 is 0 Å². The second kappa shape index (κ2) is 4.32. The average Bonchev–Trinajstić information content (AvgIpc) is 2.71. The number of aromatic amines is 1. The summed E-state index contributed by atoms with van der Waals surface area (Å²) in [6.45, 7) is 0.876. The highest BCUT2D eigenvalue weighted by Crippen LogP contribution is 2.20. The number of carbonyl (C=O) groups is 1. The molecule has 1 aromatic carbocycles. The summed E-state index contributed by atoms with van der Waals surface area (Å²) in [4.78, 5) is 18.1. The van der Waals surface area contributed by atoms with E-state index in [9.17, 15) is 18.0 Å². The van der Waals surface area contributed by atoms with Crippen LogP contribution in [0.2, 0.25) is 0 Å². The van der Waals surface area contributed by atoms with Crippen molar-refractivity contribution < 1.29 is 18.0 Å². The van der Waals surface area contributed by atoms with Gasteiger partial charge in [-0.15, -0.1) is 0 Å². The smallest absolute Gasteiger partial charge is 0.338 e. The summed E-state index contributed by atoms with van der Waals surface area (Å²) in [7, 11) is 0. The summed E-state index contributed by atoms with van der Waals surface area (Å²) >= 11 is 0. The third-order valence-electron chi connectivity index (χ3n) is 2.44. The number of imidazole rings is 1. The molecule has 0 fully saturated rings. The first kappa shape index (κ1) is 12.4. The summed E-state index contributed by atoms with van der Waals surface area (Å²) in [5.74, 6) is -1.01. The molecule has 0 aliphatic carbocycles. The first-order valence-electron chi connectivity index (χ1n) is 5.20. The minimum Gasteiger partial charge on any atom is -0.338 e. The molecule has 1 amide bonds. The van der Waals surface area contributed by atoms with Crippen molar-refractivity contribution >= 4 is 16.9 Å². The molecule has 0 saturated heterocycles. The van der Waals surface area contributed by atoms with Gasteiger partial charge in [-0.05, 0) is 19.1 Å². The van der Waals surface area contributed by atoms with Gasteiger partial charge in [-0.1, -0.05) is 12.1 Å². The van der Waals surface area contributed by atoms with Gasteiger partial charge in [0.25, 0.3) is 5.91 Å².